The largest absolute Gasteiger partial charge is 2.00 e. The van der Waals surface area contributed by atoms with Gasteiger partial charge in [-0.05, 0) is 31.2 Å². The molecule has 4 nitrogen and oxygen atoms in total. The molecule has 0 saturated heterocycles. The molecule has 94 valence electrons. The SMILES string of the molecule is CNC(C)Cn1ccc2ccc(O[C-]=O)cc21.[W+2]. The first-order chi connectivity index (χ1) is 8.24. The third-order valence-electron chi connectivity index (χ3n) is 2.87. The maximum absolute atomic E-state index is 10.2. The Morgan fingerprint density at radius 2 is 2.22 bits per heavy atom. The van der Waals surface area contributed by atoms with Gasteiger partial charge in [-0.25, -0.2) is 0 Å². The van der Waals surface area contributed by atoms with Crippen LogP contribution in [-0.4, -0.2) is 24.1 Å². The van der Waals surface area contributed by atoms with Crippen molar-refractivity contribution in [1.29, 1.82) is 0 Å². The summed E-state index contributed by atoms with van der Waals surface area (Å²) in [5.74, 6) is 0.518. The molecule has 0 radical (unpaired) electrons. The number of fused-ring (bicyclic) bond motifs is 1. The molecule has 1 N–H and O–H groups in total. The van der Waals surface area contributed by atoms with Crippen molar-refractivity contribution in [3.8, 4) is 5.75 Å². The van der Waals surface area contributed by atoms with Gasteiger partial charge in [0.15, 0.2) is 6.47 Å². The minimum atomic E-state index is 0. The summed E-state index contributed by atoms with van der Waals surface area (Å²) >= 11 is 0. The van der Waals surface area contributed by atoms with Crippen molar-refractivity contribution in [3.63, 3.8) is 0 Å². The molecular formula is C13H15N2O2W+. The summed E-state index contributed by atoms with van der Waals surface area (Å²) in [7, 11) is 1.94. The zero-order chi connectivity index (χ0) is 12.3. The zero-order valence-corrected chi connectivity index (χ0v) is 13.3. The van der Waals surface area contributed by atoms with Gasteiger partial charge in [0.05, 0.1) is 0 Å². The van der Waals surface area contributed by atoms with Crippen LogP contribution in [0.15, 0.2) is 30.5 Å². The number of nitrogens with zero attached hydrogens (tertiary/aromatic N) is 1. The van der Waals surface area contributed by atoms with Gasteiger partial charge in [0.25, 0.3) is 0 Å². The van der Waals surface area contributed by atoms with Gasteiger partial charge in [0.2, 0.25) is 0 Å². The van der Waals surface area contributed by atoms with E-state index in [1.165, 1.54) is 6.47 Å². The van der Waals surface area contributed by atoms with E-state index in [-0.39, 0.29) is 21.1 Å². The third-order valence-corrected chi connectivity index (χ3v) is 2.87. The molecule has 2 aromatic rings. The van der Waals surface area contributed by atoms with Gasteiger partial charge < -0.3 is 19.4 Å². The van der Waals surface area contributed by atoms with Gasteiger partial charge in [-0.2, -0.15) is 0 Å². The molecular weight excluding hydrogens is 400 g/mol. The van der Waals surface area contributed by atoms with Crippen LogP contribution in [0.25, 0.3) is 10.9 Å². The van der Waals surface area contributed by atoms with E-state index in [1.807, 2.05) is 31.4 Å². The molecule has 0 aliphatic carbocycles. The summed E-state index contributed by atoms with van der Waals surface area (Å²) in [4.78, 5) is 10.2. The van der Waals surface area contributed by atoms with Gasteiger partial charge in [0, 0.05) is 24.3 Å². The van der Waals surface area contributed by atoms with Crippen LogP contribution in [0.4, 0.5) is 0 Å². The summed E-state index contributed by atoms with van der Waals surface area (Å²) in [6.45, 7) is 4.43. The van der Waals surface area contributed by atoms with Crippen LogP contribution >= 0.6 is 0 Å². The van der Waals surface area contributed by atoms with Crippen LogP contribution in [0.1, 0.15) is 6.92 Å². The number of hydrogen-bond donors (Lipinski definition) is 1. The minimum Gasteiger partial charge on any atom is -0.610 e. The molecule has 1 unspecified atom stereocenters. The number of benzene rings is 1. The number of ether oxygens (including phenoxy) is 1. The van der Waals surface area contributed by atoms with E-state index in [1.54, 1.807) is 6.07 Å². The molecule has 0 bridgehead atoms. The molecule has 0 saturated carbocycles. The van der Waals surface area contributed by atoms with E-state index >= 15 is 0 Å². The Morgan fingerprint density at radius 1 is 1.44 bits per heavy atom. The summed E-state index contributed by atoms with van der Waals surface area (Å²) in [6.07, 6.45) is 2.03. The van der Waals surface area contributed by atoms with E-state index < -0.39 is 0 Å². The number of carbonyl (C=O) groups excluding carboxylic acids is 1. The zero-order valence-electron chi connectivity index (χ0n) is 10.3. The normalized spacial score (nSPS) is 11.9. The van der Waals surface area contributed by atoms with Crippen molar-refractivity contribution in [2.75, 3.05) is 7.05 Å². The van der Waals surface area contributed by atoms with E-state index in [0.29, 0.717) is 11.8 Å². The van der Waals surface area contributed by atoms with Gasteiger partial charge in [-0.15, -0.1) is 6.07 Å². The van der Waals surface area contributed by atoms with Crippen molar-refractivity contribution in [3.05, 3.63) is 30.5 Å². The quantitative estimate of drug-likeness (QED) is 0.757. The molecule has 1 atom stereocenters. The van der Waals surface area contributed by atoms with Gasteiger partial charge in [0.1, 0.15) is 0 Å². The van der Waals surface area contributed by atoms with E-state index in [2.05, 4.69) is 16.8 Å². The van der Waals surface area contributed by atoms with Crippen molar-refractivity contribution < 1.29 is 30.6 Å². The Bertz CT molecular complexity index is 525. The maximum atomic E-state index is 10.2. The van der Waals surface area contributed by atoms with Crippen molar-refractivity contribution in [2.24, 2.45) is 0 Å². The van der Waals surface area contributed by atoms with Crippen molar-refractivity contribution in [2.45, 2.75) is 19.5 Å². The number of hydrogen-bond acceptors (Lipinski definition) is 3. The topological polar surface area (TPSA) is 43.3 Å². The van der Waals surface area contributed by atoms with Gasteiger partial charge in [-0.1, -0.05) is 12.1 Å². The Kier molecular flexibility index (Phi) is 5.57. The van der Waals surface area contributed by atoms with Crippen LogP contribution in [0, 0.1) is 0 Å². The summed E-state index contributed by atoms with van der Waals surface area (Å²) in [5, 5.41) is 4.32. The standard InChI is InChI=1S/C13H15N2O2.W/c1-10(14-2)8-15-6-5-11-3-4-12(17-9-16)7-13(11)15;/h3-7,10,14H,8H2,1-2H3;/q-1;+2. The van der Waals surface area contributed by atoms with Gasteiger partial charge in [-0.3, -0.25) is 0 Å². The van der Waals surface area contributed by atoms with E-state index in [9.17, 15) is 4.79 Å². The number of rotatable bonds is 5. The molecule has 0 aliphatic rings. The monoisotopic (exact) mass is 415 g/mol. The molecule has 1 aromatic carbocycles. The average Bonchev–Trinajstić information content (AvgIpc) is 2.72. The Morgan fingerprint density at radius 3 is 2.89 bits per heavy atom. The number of aromatic nitrogens is 1. The predicted octanol–water partition coefficient (Wildman–Crippen LogP) is 1.69. The van der Waals surface area contributed by atoms with Crippen LogP contribution in [0.2, 0.25) is 0 Å². The Balaban J connectivity index is 0.00000162. The second-order valence-electron chi connectivity index (χ2n) is 4.06. The molecule has 0 aliphatic heterocycles. The average molecular weight is 415 g/mol. The number of nitrogens with one attached hydrogen (secondary N) is 1. The first-order valence-electron chi connectivity index (χ1n) is 5.54. The summed E-state index contributed by atoms with van der Waals surface area (Å²) in [6, 6.07) is 7.98. The van der Waals surface area contributed by atoms with Crippen LogP contribution in [0.3, 0.4) is 0 Å². The third kappa shape index (κ3) is 3.21. The van der Waals surface area contributed by atoms with Crippen LogP contribution < -0.4 is 10.1 Å². The van der Waals surface area contributed by atoms with Crippen molar-refractivity contribution in [1.82, 2.24) is 9.88 Å². The van der Waals surface area contributed by atoms with E-state index in [0.717, 1.165) is 17.4 Å². The fraction of sp³-hybridized carbons (Fsp3) is 0.308. The van der Waals surface area contributed by atoms with Gasteiger partial charge >= 0.3 is 21.1 Å². The molecule has 1 aromatic heterocycles. The van der Waals surface area contributed by atoms with Crippen LogP contribution in [-0.2, 0) is 32.4 Å². The minimum absolute atomic E-state index is 0. The molecule has 0 amide bonds. The van der Waals surface area contributed by atoms with E-state index in [4.69, 9.17) is 4.74 Å². The van der Waals surface area contributed by atoms with Crippen molar-refractivity contribution >= 4 is 17.4 Å². The Labute approximate surface area is 121 Å². The second-order valence-corrected chi connectivity index (χ2v) is 4.06. The molecule has 2 rings (SSSR count). The molecule has 1 heterocycles. The molecule has 5 heteroatoms. The fourth-order valence-electron chi connectivity index (χ4n) is 1.82. The summed E-state index contributed by atoms with van der Waals surface area (Å²) in [5.41, 5.74) is 1.06. The molecule has 18 heavy (non-hydrogen) atoms. The smallest absolute Gasteiger partial charge is 0.610 e. The molecule has 0 spiro atoms. The summed E-state index contributed by atoms with van der Waals surface area (Å²) < 4.78 is 6.87. The molecule has 0 fully saturated rings. The Hall–Kier alpha value is -1.12. The second kappa shape index (κ2) is 6.72. The number of likely N-dealkylation sites (N-methyl/N-ethyl adjacent to an activating group) is 1. The maximum Gasteiger partial charge on any atom is 2.00 e. The first-order valence-corrected chi connectivity index (χ1v) is 5.54. The fourth-order valence-corrected chi connectivity index (χ4v) is 1.82. The first kappa shape index (κ1) is 14.9. The predicted molar refractivity (Wildman–Crippen MR) is 66.8 cm³/mol. The van der Waals surface area contributed by atoms with Crippen LogP contribution in [0.5, 0.6) is 5.75 Å².